The molecule has 8 nitrogen and oxygen atoms in total. The van der Waals surface area contributed by atoms with Gasteiger partial charge in [-0.2, -0.15) is 14.9 Å². The molecule has 0 bridgehead atoms. The number of fused-ring (bicyclic) bond motifs is 2. The molecule has 0 aliphatic heterocycles. The molecular weight excluding hydrogens is 466 g/mol. The minimum absolute atomic E-state index is 0.0512. The Labute approximate surface area is 194 Å². The number of aryl methyl sites for hydroxylation is 1. The van der Waals surface area contributed by atoms with Crippen molar-refractivity contribution in [2.75, 3.05) is 11.9 Å². The molecule has 178 valence electrons. The van der Waals surface area contributed by atoms with Gasteiger partial charge in [0.2, 0.25) is 0 Å². The number of hydrogen-bond donors (Lipinski definition) is 1. The number of rotatable bonds is 6. The number of aromatic nitrogens is 6. The van der Waals surface area contributed by atoms with E-state index in [1.165, 1.54) is 16.8 Å². The molecular formula is C23H17F4N7O. The maximum atomic E-state index is 13.6. The number of halogens is 4. The van der Waals surface area contributed by atoms with E-state index >= 15 is 0 Å². The maximum Gasteiger partial charge on any atom is 0.281 e. The number of pyridine rings is 2. The predicted molar refractivity (Wildman–Crippen MR) is 122 cm³/mol. The lowest BCUT2D eigenvalue weighted by molar-refractivity contribution is 0.146. The number of anilines is 1. The van der Waals surface area contributed by atoms with Gasteiger partial charge in [0, 0.05) is 30.4 Å². The Morgan fingerprint density at radius 3 is 2.51 bits per heavy atom. The molecule has 0 atom stereocenters. The van der Waals surface area contributed by atoms with Crippen molar-refractivity contribution in [2.24, 2.45) is 7.05 Å². The van der Waals surface area contributed by atoms with Crippen LogP contribution >= 0.6 is 0 Å². The van der Waals surface area contributed by atoms with Crippen molar-refractivity contribution in [1.82, 2.24) is 29.5 Å². The summed E-state index contributed by atoms with van der Waals surface area (Å²) >= 11 is 0. The van der Waals surface area contributed by atoms with Gasteiger partial charge in [-0.3, -0.25) is 14.5 Å². The second kappa shape index (κ2) is 8.78. The summed E-state index contributed by atoms with van der Waals surface area (Å²) in [7, 11) is 1.78. The largest absolute Gasteiger partial charge is 0.364 e. The van der Waals surface area contributed by atoms with Crippen LogP contribution in [-0.2, 0) is 7.05 Å². The van der Waals surface area contributed by atoms with E-state index in [0.29, 0.717) is 11.2 Å². The van der Waals surface area contributed by atoms with Gasteiger partial charge in [0.05, 0.1) is 23.3 Å². The first-order chi connectivity index (χ1) is 16.8. The molecule has 5 rings (SSSR count). The topological polar surface area (TPSA) is 90.5 Å². The van der Waals surface area contributed by atoms with Gasteiger partial charge in [0.15, 0.2) is 0 Å². The van der Waals surface area contributed by atoms with E-state index in [1.807, 2.05) is 0 Å². The fourth-order valence-corrected chi connectivity index (χ4v) is 3.74. The van der Waals surface area contributed by atoms with Gasteiger partial charge in [0.25, 0.3) is 18.4 Å². The Bertz CT molecular complexity index is 1600. The molecule has 12 heteroatoms. The van der Waals surface area contributed by atoms with E-state index in [1.54, 1.807) is 42.2 Å². The molecule has 1 N–H and O–H groups in total. The number of benzene rings is 1. The third-order valence-electron chi connectivity index (χ3n) is 5.31. The van der Waals surface area contributed by atoms with Crippen LogP contribution in [0.5, 0.6) is 0 Å². The lowest BCUT2D eigenvalue weighted by Crippen LogP contribution is -2.24. The molecule has 0 radical (unpaired) electrons. The molecule has 5 aromatic rings. The molecule has 0 unspecified atom stereocenters. The first-order valence-corrected chi connectivity index (χ1v) is 10.4. The second-order valence-corrected chi connectivity index (χ2v) is 7.75. The van der Waals surface area contributed by atoms with Crippen LogP contribution in [0.4, 0.5) is 23.4 Å². The van der Waals surface area contributed by atoms with Crippen LogP contribution in [0.15, 0.2) is 59.7 Å². The smallest absolute Gasteiger partial charge is 0.281 e. The molecule has 4 heterocycles. The van der Waals surface area contributed by atoms with Crippen molar-refractivity contribution in [3.8, 4) is 16.8 Å². The van der Waals surface area contributed by atoms with Crippen LogP contribution in [0.25, 0.3) is 38.8 Å². The van der Waals surface area contributed by atoms with E-state index in [-0.39, 0.29) is 22.5 Å². The normalized spacial score (nSPS) is 11.7. The van der Waals surface area contributed by atoms with Crippen LogP contribution in [0, 0.1) is 0 Å². The summed E-state index contributed by atoms with van der Waals surface area (Å²) in [5.41, 5.74) is 0.875. The number of nitrogens with one attached hydrogen (secondary N) is 1. The Balaban J connectivity index is 1.73. The molecule has 35 heavy (non-hydrogen) atoms. The Kier molecular flexibility index (Phi) is 5.63. The fourth-order valence-electron chi connectivity index (χ4n) is 3.74. The van der Waals surface area contributed by atoms with E-state index < -0.39 is 30.6 Å². The summed E-state index contributed by atoms with van der Waals surface area (Å²) in [6, 6.07) is 10.7. The standard InChI is InChI=1S/C23H17F4N7O/c1-33-11-13-8-14(3-5-15(13)31-33)34-23(35)20(12-2-4-17(22(26)27)28-9-12)21-16(32-34)6-7-19(30-21)29-10-18(24)25/h2-9,11,18,22H,10H2,1H3,(H,29,30). The van der Waals surface area contributed by atoms with Gasteiger partial charge >= 0.3 is 0 Å². The van der Waals surface area contributed by atoms with Crippen LogP contribution in [-0.4, -0.2) is 42.5 Å². The quantitative estimate of drug-likeness (QED) is 0.362. The first-order valence-electron chi connectivity index (χ1n) is 10.4. The molecule has 0 spiro atoms. The molecule has 0 fully saturated rings. The SMILES string of the molecule is Cn1cc2cc(-n3nc4ccc(NCC(F)F)nc4c(-c4ccc(C(F)F)nc4)c3=O)ccc2n1. The Hall–Kier alpha value is -4.35. The van der Waals surface area contributed by atoms with Crippen molar-refractivity contribution >= 4 is 27.8 Å². The van der Waals surface area contributed by atoms with Crippen LogP contribution in [0.2, 0.25) is 0 Å². The predicted octanol–water partition coefficient (Wildman–Crippen LogP) is 4.34. The van der Waals surface area contributed by atoms with Gasteiger partial charge in [-0.05, 0) is 36.4 Å². The van der Waals surface area contributed by atoms with Crippen LogP contribution < -0.4 is 10.9 Å². The summed E-state index contributed by atoms with van der Waals surface area (Å²) in [6.45, 7) is -0.631. The van der Waals surface area contributed by atoms with Crippen molar-refractivity contribution in [1.29, 1.82) is 0 Å². The average molecular weight is 483 g/mol. The zero-order valence-electron chi connectivity index (χ0n) is 18.2. The van der Waals surface area contributed by atoms with E-state index in [0.717, 1.165) is 23.2 Å². The summed E-state index contributed by atoms with van der Waals surface area (Å²) in [5.74, 6) is 0.118. The number of nitrogens with zero attached hydrogens (tertiary/aromatic N) is 6. The summed E-state index contributed by atoms with van der Waals surface area (Å²) in [4.78, 5) is 21.7. The van der Waals surface area contributed by atoms with Crippen molar-refractivity contribution < 1.29 is 17.6 Å². The Morgan fingerprint density at radius 2 is 1.80 bits per heavy atom. The zero-order chi connectivity index (χ0) is 24.7. The lowest BCUT2D eigenvalue weighted by Gasteiger charge is -2.13. The van der Waals surface area contributed by atoms with E-state index in [9.17, 15) is 22.4 Å². The highest BCUT2D eigenvalue weighted by atomic mass is 19.3. The summed E-state index contributed by atoms with van der Waals surface area (Å²) in [5, 5.41) is 12.0. The molecule has 0 saturated heterocycles. The van der Waals surface area contributed by atoms with Gasteiger partial charge in [-0.1, -0.05) is 6.07 Å². The van der Waals surface area contributed by atoms with Gasteiger partial charge in [0.1, 0.15) is 22.5 Å². The van der Waals surface area contributed by atoms with Gasteiger partial charge in [-0.25, -0.2) is 22.5 Å². The third kappa shape index (κ3) is 4.29. The number of hydrogen-bond acceptors (Lipinski definition) is 6. The first kappa shape index (κ1) is 22.4. The monoisotopic (exact) mass is 483 g/mol. The van der Waals surface area contributed by atoms with Crippen LogP contribution in [0.1, 0.15) is 12.1 Å². The highest BCUT2D eigenvalue weighted by Gasteiger charge is 2.19. The minimum Gasteiger partial charge on any atom is -0.364 e. The maximum absolute atomic E-state index is 13.6. The molecule has 4 aromatic heterocycles. The van der Waals surface area contributed by atoms with E-state index in [4.69, 9.17) is 0 Å². The molecule has 0 amide bonds. The molecule has 0 aliphatic rings. The van der Waals surface area contributed by atoms with E-state index in [2.05, 4.69) is 25.5 Å². The third-order valence-corrected chi connectivity index (χ3v) is 5.31. The van der Waals surface area contributed by atoms with Crippen molar-refractivity contribution in [3.63, 3.8) is 0 Å². The van der Waals surface area contributed by atoms with Crippen molar-refractivity contribution in [3.05, 3.63) is 70.9 Å². The highest BCUT2D eigenvalue weighted by Crippen LogP contribution is 2.27. The highest BCUT2D eigenvalue weighted by molar-refractivity contribution is 5.91. The van der Waals surface area contributed by atoms with Gasteiger partial charge < -0.3 is 5.32 Å². The summed E-state index contributed by atoms with van der Waals surface area (Å²) in [6.07, 6.45) is -2.43. The summed E-state index contributed by atoms with van der Waals surface area (Å²) < 4.78 is 54.2. The van der Waals surface area contributed by atoms with Gasteiger partial charge in [-0.15, -0.1) is 0 Å². The molecule has 0 aliphatic carbocycles. The van der Waals surface area contributed by atoms with Crippen molar-refractivity contribution in [2.45, 2.75) is 12.9 Å². The lowest BCUT2D eigenvalue weighted by atomic mass is 10.1. The molecule has 0 saturated carbocycles. The second-order valence-electron chi connectivity index (χ2n) is 7.75. The minimum atomic E-state index is -2.77. The zero-order valence-corrected chi connectivity index (χ0v) is 18.2. The molecule has 1 aromatic carbocycles. The number of alkyl halides is 4. The fraction of sp³-hybridized carbons (Fsp3) is 0.174. The average Bonchev–Trinajstić information content (AvgIpc) is 3.21. The Morgan fingerprint density at radius 1 is 1.00 bits per heavy atom. The van der Waals surface area contributed by atoms with Crippen LogP contribution in [0.3, 0.4) is 0 Å².